The largest absolute Gasteiger partial charge is 0.423 e. The fraction of sp³-hybridized carbons (Fsp3) is 0.444. The first-order chi connectivity index (χ1) is 6.92. The molecule has 15 heavy (non-hydrogen) atoms. The molecule has 0 aliphatic rings. The van der Waals surface area contributed by atoms with Crippen molar-refractivity contribution in [3.05, 3.63) is 30.1 Å². The van der Waals surface area contributed by atoms with Crippen molar-refractivity contribution in [2.24, 2.45) is 5.73 Å². The van der Waals surface area contributed by atoms with Gasteiger partial charge < -0.3 is 10.8 Å². The molecule has 0 saturated carbocycles. The molecule has 84 valence electrons. The molecule has 0 aliphatic carbocycles. The van der Waals surface area contributed by atoms with E-state index in [4.69, 9.17) is 5.73 Å². The summed E-state index contributed by atoms with van der Waals surface area (Å²) in [5.74, 6) is 0. The van der Waals surface area contributed by atoms with Gasteiger partial charge in [-0.25, -0.2) is 0 Å². The molecular formula is C9H11F3N2O. The van der Waals surface area contributed by atoms with Gasteiger partial charge in [0.2, 0.25) is 5.60 Å². The molecule has 1 aromatic rings. The highest BCUT2D eigenvalue weighted by Gasteiger charge is 2.55. The number of rotatable bonds is 3. The summed E-state index contributed by atoms with van der Waals surface area (Å²) in [4.78, 5) is 3.51. The van der Waals surface area contributed by atoms with Crippen molar-refractivity contribution in [3.63, 3.8) is 0 Å². The van der Waals surface area contributed by atoms with Gasteiger partial charge in [-0.1, -0.05) is 6.07 Å². The molecule has 3 nitrogen and oxygen atoms in total. The van der Waals surface area contributed by atoms with Crippen LogP contribution in [0.1, 0.15) is 12.1 Å². The average Bonchev–Trinajstić information content (AvgIpc) is 2.18. The lowest BCUT2D eigenvalue weighted by Gasteiger charge is -2.29. The first-order valence-electron chi connectivity index (χ1n) is 4.32. The minimum absolute atomic E-state index is 0.271. The van der Waals surface area contributed by atoms with E-state index in [-0.39, 0.29) is 6.54 Å². The zero-order valence-electron chi connectivity index (χ0n) is 7.83. The Hall–Kier alpha value is -1.14. The van der Waals surface area contributed by atoms with Crippen molar-refractivity contribution in [1.82, 2.24) is 4.98 Å². The third-order valence-electron chi connectivity index (χ3n) is 2.06. The van der Waals surface area contributed by atoms with E-state index in [9.17, 15) is 18.3 Å². The summed E-state index contributed by atoms with van der Waals surface area (Å²) in [6.07, 6.45) is -4.18. The molecular weight excluding hydrogens is 209 g/mol. The van der Waals surface area contributed by atoms with Gasteiger partial charge in [0.15, 0.2) is 0 Å². The van der Waals surface area contributed by atoms with E-state index < -0.39 is 23.9 Å². The lowest BCUT2D eigenvalue weighted by molar-refractivity contribution is -0.269. The third kappa shape index (κ3) is 2.27. The van der Waals surface area contributed by atoms with Gasteiger partial charge in [0.05, 0.1) is 5.69 Å². The van der Waals surface area contributed by atoms with E-state index in [0.29, 0.717) is 0 Å². The Kier molecular flexibility index (Phi) is 3.31. The summed E-state index contributed by atoms with van der Waals surface area (Å²) >= 11 is 0. The quantitative estimate of drug-likeness (QED) is 0.804. The maximum Gasteiger partial charge on any atom is 0.423 e. The van der Waals surface area contributed by atoms with Crippen LogP contribution in [-0.4, -0.2) is 22.8 Å². The number of hydrogen-bond acceptors (Lipinski definition) is 3. The van der Waals surface area contributed by atoms with E-state index in [1.165, 1.54) is 18.3 Å². The Morgan fingerprint density at radius 2 is 2.00 bits per heavy atom. The van der Waals surface area contributed by atoms with Crippen LogP contribution >= 0.6 is 0 Å². The third-order valence-corrected chi connectivity index (χ3v) is 2.06. The first-order valence-corrected chi connectivity index (χ1v) is 4.32. The van der Waals surface area contributed by atoms with Crippen LogP contribution in [0.15, 0.2) is 24.4 Å². The summed E-state index contributed by atoms with van der Waals surface area (Å²) in [6, 6.07) is 3.99. The molecule has 0 fully saturated rings. The second-order valence-electron chi connectivity index (χ2n) is 3.11. The van der Waals surface area contributed by atoms with E-state index in [0.717, 1.165) is 6.07 Å². The molecule has 1 aromatic heterocycles. The second-order valence-corrected chi connectivity index (χ2v) is 3.11. The molecule has 0 aliphatic heterocycles. The fourth-order valence-corrected chi connectivity index (χ4v) is 1.23. The summed E-state index contributed by atoms with van der Waals surface area (Å²) in [5.41, 5.74) is 1.68. The minimum atomic E-state index is -4.78. The van der Waals surface area contributed by atoms with Crippen molar-refractivity contribution in [3.8, 4) is 0 Å². The average molecular weight is 220 g/mol. The normalized spacial score (nSPS) is 16.1. The second kappa shape index (κ2) is 4.16. The Morgan fingerprint density at radius 1 is 1.33 bits per heavy atom. The van der Waals surface area contributed by atoms with Crippen LogP contribution < -0.4 is 5.73 Å². The summed E-state index contributed by atoms with van der Waals surface area (Å²) in [6.45, 7) is -0.271. The Bertz CT molecular complexity index is 315. The van der Waals surface area contributed by atoms with Gasteiger partial charge in [-0.05, 0) is 18.7 Å². The monoisotopic (exact) mass is 220 g/mol. The first kappa shape index (κ1) is 11.9. The van der Waals surface area contributed by atoms with Crippen LogP contribution in [0, 0.1) is 0 Å². The van der Waals surface area contributed by atoms with Gasteiger partial charge in [-0.2, -0.15) is 13.2 Å². The number of nitrogens with zero attached hydrogens (tertiary/aromatic N) is 1. The smallest absolute Gasteiger partial charge is 0.375 e. The lowest BCUT2D eigenvalue weighted by Crippen LogP contribution is -2.44. The molecule has 0 bridgehead atoms. The van der Waals surface area contributed by atoms with Crippen LogP contribution in [0.3, 0.4) is 0 Å². The molecule has 1 unspecified atom stereocenters. The molecule has 1 heterocycles. The summed E-state index contributed by atoms with van der Waals surface area (Å²) in [5, 5.41) is 9.55. The maximum atomic E-state index is 12.6. The van der Waals surface area contributed by atoms with Crippen molar-refractivity contribution in [2.45, 2.75) is 18.2 Å². The number of alkyl halides is 3. The topological polar surface area (TPSA) is 59.1 Å². The van der Waals surface area contributed by atoms with Gasteiger partial charge in [-0.3, -0.25) is 4.98 Å². The van der Waals surface area contributed by atoms with Crippen LogP contribution in [0.5, 0.6) is 0 Å². The number of aliphatic hydroxyl groups is 1. The molecule has 0 spiro atoms. The van der Waals surface area contributed by atoms with Crippen molar-refractivity contribution >= 4 is 0 Å². The van der Waals surface area contributed by atoms with Crippen LogP contribution in [0.4, 0.5) is 13.2 Å². The predicted molar refractivity (Wildman–Crippen MR) is 47.9 cm³/mol. The number of aromatic nitrogens is 1. The van der Waals surface area contributed by atoms with E-state index >= 15 is 0 Å². The zero-order chi connectivity index (χ0) is 11.5. The molecule has 3 N–H and O–H groups in total. The van der Waals surface area contributed by atoms with Gasteiger partial charge >= 0.3 is 6.18 Å². The van der Waals surface area contributed by atoms with Gasteiger partial charge in [0.1, 0.15) is 0 Å². The fourth-order valence-electron chi connectivity index (χ4n) is 1.23. The molecule has 6 heteroatoms. The van der Waals surface area contributed by atoms with E-state index in [1.54, 1.807) is 0 Å². The van der Waals surface area contributed by atoms with Crippen molar-refractivity contribution in [2.75, 3.05) is 6.54 Å². The molecule has 0 amide bonds. The summed E-state index contributed by atoms with van der Waals surface area (Å²) in [7, 11) is 0. The molecule has 0 radical (unpaired) electrons. The zero-order valence-corrected chi connectivity index (χ0v) is 7.83. The van der Waals surface area contributed by atoms with Gasteiger partial charge in [0.25, 0.3) is 0 Å². The molecule has 0 saturated heterocycles. The summed E-state index contributed by atoms with van der Waals surface area (Å²) < 4.78 is 37.9. The number of halogens is 3. The molecule has 1 atom stereocenters. The lowest BCUT2D eigenvalue weighted by atomic mass is 9.94. The van der Waals surface area contributed by atoms with Crippen molar-refractivity contribution < 1.29 is 18.3 Å². The SMILES string of the molecule is NCCC(O)(c1ccccn1)C(F)(F)F. The highest BCUT2D eigenvalue weighted by molar-refractivity contribution is 5.15. The number of hydrogen-bond donors (Lipinski definition) is 2. The van der Waals surface area contributed by atoms with Gasteiger partial charge in [0, 0.05) is 12.6 Å². The predicted octanol–water partition coefficient (Wildman–Crippen LogP) is 1.18. The minimum Gasteiger partial charge on any atom is -0.375 e. The van der Waals surface area contributed by atoms with Crippen LogP contribution in [-0.2, 0) is 5.60 Å². The van der Waals surface area contributed by atoms with Crippen LogP contribution in [0.2, 0.25) is 0 Å². The number of nitrogens with two attached hydrogens (primary N) is 1. The Labute approximate surface area is 84.7 Å². The number of pyridine rings is 1. The van der Waals surface area contributed by atoms with Crippen molar-refractivity contribution in [1.29, 1.82) is 0 Å². The van der Waals surface area contributed by atoms with E-state index in [1.807, 2.05) is 0 Å². The highest BCUT2D eigenvalue weighted by atomic mass is 19.4. The Balaban J connectivity index is 3.13. The molecule has 1 rings (SSSR count). The maximum absolute atomic E-state index is 12.6. The Morgan fingerprint density at radius 3 is 2.40 bits per heavy atom. The molecule has 0 aromatic carbocycles. The van der Waals surface area contributed by atoms with E-state index in [2.05, 4.69) is 4.98 Å². The van der Waals surface area contributed by atoms with Crippen LogP contribution in [0.25, 0.3) is 0 Å². The standard InChI is InChI=1S/C9H11F3N2O/c10-9(11,12)8(15,4-5-13)7-3-1-2-6-14-7/h1-3,6,15H,4-5,13H2. The van der Waals surface area contributed by atoms with Gasteiger partial charge in [-0.15, -0.1) is 0 Å². The highest BCUT2D eigenvalue weighted by Crippen LogP contribution is 2.40.